The van der Waals surface area contributed by atoms with Crippen molar-refractivity contribution in [3.8, 4) is 5.75 Å². The van der Waals surface area contributed by atoms with E-state index >= 15 is 0 Å². The van der Waals surface area contributed by atoms with Gasteiger partial charge >= 0.3 is 12.1 Å². The van der Waals surface area contributed by atoms with Gasteiger partial charge < -0.3 is 35.5 Å². The zero-order valence-electron chi connectivity index (χ0n) is 27.2. The lowest BCUT2D eigenvalue weighted by molar-refractivity contribution is -0.128. The zero-order valence-corrected chi connectivity index (χ0v) is 28.0. The minimum atomic E-state index is -0.948. The number of amides is 3. The summed E-state index contributed by atoms with van der Waals surface area (Å²) in [5.41, 5.74) is 7.91. The highest BCUT2D eigenvalue weighted by molar-refractivity contribution is 6.32. The fraction of sp³-hybridized carbons (Fsp3) is 0.571. The molecule has 254 valence electrons. The number of urea groups is 1. The highest BCUT2D eigenvalue weighted by Gasteiger charge is 2.52. The molecule has 3 saturated heterocycles. The number of carbonyl (C=O) groups is 3. The van der Waals surface area contributed by atoms with Crippen molar-refractivity contribution in [3.63, 3.8) is 0 Å². The van der Waals surface area contributed by atoms with Crippen LogP contribution in [0.15, 0.2) is 42.5 Å². The van der Waals surface area contributed by atoms with Crippen LogP contribution in [0.5, 0.6) is 5.75 Å². The molecule has 2 aromatic rings. The Labute approximate surface area is 281 Å². The van der Waals surface area contributed by atoms with E-state index in [9.17, 15) is 19.5 Å². The first-order valence-electron chi connectivity index (χ1n) is 16.9. The second kappa shape index (κ2) is 14.0. The summed E-state index contributed by atoms with van der Waals surface area (Å²) in [6.07, 6.45) is 6.00. The van der Waals surface area contributed by atoms with Crippen LogP contribution in [-0.2, 0) is 22.6 Å². The molecular weight excluding hydrogens is 620 g/mol. The number of hydrogen-bond acceptors (Lipinski definition) is 8. The maximum absolute atomic E-state index is 13.9. The van der Waals surface area contributed by atoms with E-state index in [4.69, 9.17) is 22.1 Å². The van der Waals surface area contributed by atoms with Crippen LogP contribution in [0.2, 0.25) is 5.02 Å². The first-order valence-corrected chi connectivity index (χ1v) is 17.3. The van der Waals surface area contributed by atoms with E-state index in [1.165, 1.54) is 6.07 Å². The number of piperidine rings is 3. The Bertz CT molecular complexity index is 1460. The Kier molecular flexibility index (Phi) is 9.98. The van der Waals surface area contributed by atoms with Crippen molar-refractivity contribution in [2.45, 2.75) is 88.2 Å². The number of fused-ring (bicyclic) bond motifs is 1. The molecule has 0 unspecified atom stereocenters. The molecule has 3 fully saturated rings. The molecule has 12 heteroatoms. The second-order valence-electron chi connectivity index (χ2n) is 13.9. The molecule has 47 heavy (non-hydrogen) atoms. The summed E-state index contributed by atoms with van der Waals surface area (Å²) in [5, 5.41) is 13.1. The smallest absolute Gasteiger partial charge is 0.411 e. The van der Waals surface area contributed by atoms with Crippen LogP contribution >= 0.6 is 11.6 Å². The van der Waals surface area contributed by atoms with E-state index in [1.54, 1.807) is 17.0 Å². The standard InChI is InChI=1S/C35H47ClN6O5/c1-34(37)12-19-39(20-13-34)27-9-15-40(16-10-27)35(14-21-43)23-28(41-17-8-26-4-2-3-5-30(26)38-32(41)45)11-18-42(35)33(46)47-24-25-6-7-31(44)29(36)22-25/h2-7,21-22,27-28,44H,8-20,23-24,37H2,1H3,(H,38,45)/t28-,35+/m1/s1. The van der Waals surface area contributed by atoms with Crippen LogP contribution < -0.4 is 11.1 Å². The molecule has 0 bridgehead atoms. The molecule has 0 aromatic heterocycles. The van der Waals surface area contributed by atoms with Gasteiger partial charge in [-0.2, -0.15) is 0 Å². The third-order valence-corrected chi connectivity index (χ3v) is 11.2. The molecule has 2 atom stereocenters. The monoisotopic (exact) mass is 666 g/mol. The number of nitrogens with one attached hydrogen (secondary N) is 1. The van der Waals surface area contributed by atoms with Crippen molar-refractivity contribution in [2.24, 2.45) is 5.73 Å². The minimum absolute atomic E-state index is 0.0280. The van der Waals surface area contributed by atoms with Crippen LogP contribution in [0.4, 0.5) is 15.3 Å². The minimum Gasteiger partial charge on any atom is -0.506 e. The van der Waals surface area contributed by atoms with Gasteiger partial charge in [0.1, 0.15) is 24.3 Å². The number of aromatic hydroxyl groups is 1. The van der Waals surface area contributed by atoms with E-state index in [0.717, 1.165) is 75.8 Å². The highest BCUT2D eigenvalue weighted by atomic mass is 35.5. The average molecular weight is 667 g/mol. The van der Waals surface area contributed by atoms with Crippen LogP contribution in [0.25, 0.3) is 0 Å². The molecular formula is C35H47ClN6O5. The number of phenols is 1. The number of phenolic OH excluding ortho intramolecular Hbond substituents is 1. The first-order chi connectivity index (χ1) is 22.6. The van der Waals surface area contributed by atoms with E-state index in [2.05, 4.69) is 22.0 Å². The van der Waals surface area contributed by atoms with Crippen LogP contribution in [0, 0.1) is 0 Å². The van der Waals surface area contributed by atoms with Crippen LogP contribution in [0.1, 0.15) is 63.0 Å². The number of nitrogens with two attached hydrogens (primary N) is 1. The number of hydrogen-bond donors (Lipinski definition) is 3. The van der Waals surface area contributed by atoms with E-state index < -0.39 is 11.8 Å². The highest BCUT2D eigenvalue weighted by Crippen LogP contribution is 2.40. The third-order valence-electron chi connectivity index (χ3n) is 10.8. The number of aldehydes is 1. The predicted molar refractivity (Wildman–Crippen MR) is 180 cm³/mol. The Morgan fingerprint density at radius 2 is 1.79 bits per heavy atom. The van der Waals surface area contributed by atoms with Crippen molar-refractivity contribution >= 4 is 35.7 Å². The quantitative estimate of drug-likeness (QED) is 0.359. The molecule has 0 saturated carbocycles. The molecule has 2 aromatic carbocycles. The van der Waals surface area contributed by atoms with Gasteiger partial charge in [0.2, 0.25) is 0 Å². The van der Waals surface area contributed by atoms with Gasteiger partial charge in [0, 0.05) is 75.4 Å². The molecule has 4 N–H and O–H groups in total. The summed E-state index contributed by atoms with van der Waals surface area (Å²) in [6, 6.07) is 12.7. The van der Waals surface area contributed by atoms with Crippen LogP contribution in [0.3, 0.4) is 0 Å². The normalized spacial score (nSPS) is 25.9. The van der Waals surface area contributed by atoms with Gasteiger partial charge in [-0.3, -0.25) is 9.80 Å². The lowest BCUT2D eigenvalue weighted by Crippen LogP contribution is -2.70. The SMILES string of the molecule is CC1(N)CCN(C2CCN([C@]3(CC=O)C[C@H](N4CCc5ccccc5NC4=O)CCN3C(=O)OCc3ccc(O)c(Cl)c3)CC2)CC1. The number of para-hydroxylation sites is 1. The number of nitrogens with zero attached hydrogens (tertiary/aromatic N) is 4. The van der Waals surface area contributed by atoms with E-state index in [-0.39, 0.29) is 41.4 Å². The molecule has 4 heterocycles. The second-order valence-corrected chi connectivity index (χ2v) is 14.3. The largest absolute Gasteiger partial charge is 0.506 e. The van der Waals surface area contributed by atoms with E-state index in [1.807, 2.05) is 29.2 Å². The number of ether oxygens (including phenoxy) is 1. The fourth-order valence-electron chi connectivity index (χ4n) is 8.01. The third kappa shape index (κ3) is 7.23. The molecule has 11 nitrogen and oxygen atoms in total. The molecule has 3 amide bonds. The Morgan fingerprint density at radius 1 is 1.06 bits per heavy atom. The summed E-state index contributed by atoms with van der Waals surface area (Å²) in [6.45, 7) is 6.38. The number of benzene rings is 2. The number of carbonyl (C=O) groups excluding carboxylic acids is 3. The van der Waals surface area contributed by atoms with Crippen molar-refractivity contribution in [1.82, 2.24) is 19.6 Å². The van der Waals surface area contributed by atoms with E-state index in [0.29, 0.717) is 37.5 Å². The summed E-state index contributed by atoms with van der Waals surface area (Å²) < 4.78 is 5.85. The Morgan fingerprint density at radius 3 is 2.51 bits per heavy atom. The van der Waals surface area contributed by atoms with Crippen molar-refractivity contribution < 1.29 is 24.2 Å². The van der Waals surface area contributed by atoms with Crippen molar-refractivity contribution in [1.29, 1.82) is 0 Å². The van der Waals surface area contributed by atoms with Gasteiger partial charge in [-0.05, 0) is 74.8 Å². The van der Waals surface area contributed by atoms with Gasteiger partial charge in [0.05, 0.1) is 5.02 Å². The maximum Gasteiger partial charge on any atom is 0.411 e. The first kappa shape index (κ1) is 33.5. The number of likely N-dealkylation sites (tertiary alicyclic amines) is 3. The fourth-order valence-corrected chi connectivity index (χ4v) is 8.21. The molecule has 6 rings (SSSR count). The molecule has 4 aliphatic rings. The summed E-state index contributed by atoms with van der Waals surface area (Å²) in [4.78, 5) is 48.5. The summed E-state index contributed by atoms with van der Waals surface area (Å²) in [7, 11) is 0. The van der Waals surface area contributed by atoms with Crippen molar-refractivity contribution in [3.05, 3.63) is 58.6 Å². The Hall–Kier alpha value is -3.38. The van der Waals surface area contributed by atoms with Gasteiger partial charge in [-0.15, -0.1) is 0 Å². The number of rotatable bonds is 7. The van der Waals surface area contributed by atoms with Gasteiger partial charge in [-0.1, -0.05) is 35.9 Å². The molecule has 0 aliphatic carbocycles. The molecule has 4 aliphatic heterocycles. The summed E-state index contributed by atoms with van der Waals surface area (Å²) >= 11 is 6.10. The average Bonchev–Trinajstić information content (AvgIpc) is 3.23. The zero-order chi connectivity index (χ0) is 33.2. The lowest BCUT2D eigenvalue weighted by atomic mass is 9.84. The molecule has 0 radical (unpaired) electrons. The van der Waals surface area contributed by atoms with Gasteiger partial charge in [0.15, 0.2) is 0 Å². The predicted octanol–water partition coefficient (Wildman–Crippen LogP) is 4.80. The summed E-state index contributed by atoms with van der Waals surface area (Å²) in [5.74, 6) is -0.0422. The van der Waals surface area contributed by atoms with Gasteiger partial charge in [-0.25, -0.2) is 9.59 Å². The maximum atomic E-state index is 13.9. The Balaban J connectivity index is 1.23. The molecule has 0 spiro atoms. The number of halogens is 1. The topological polar surface area (TPSA) is 132 Å². The number of anilines is 1. The lowest BCUT2D eigenvalue weighted by Gasteiger charge is -2.57. The van der Waals surface area contributed by atoms with Gasteiger partial charge in [0.25, 0.3) is 0 Å². The van der Waals surface area contributed by atoms with Crippen molar-refractivity contribution in [2.75, 3.05) is 44.6 Å². The van der Waals surface area contributed by atoms with Crippen LogP contribution in [-0.4, -0.2) is 106 Å².